The van der Waals surface area contributed by atoms with Crippen molar-refractivity contribution in [3.05, 3.63) is 66.2 Å². The number of alkyl halides is 1. The fraction of sp³-hybridized carbons (Fsp3) is 0.0667. The maximum absolute atomic E-state index is 12.1. The van der Waals surface area contributed by atoms with Crippen molar-refractivity contribution in [1.82, 2.24) is 0 Å². The van der Waals surface area contributed by atoms with Crippen LogP contribution in [-0.2, 0) is 4.79 Å². The third-order valence-corrected chi connectivity index (χ3v) is 3.39. The minimum atomic E-state index is -0.893. The minimum absolute atomic E-state index is 0.256. The fourth-order valence-electron chi connectivity index (χ4n) is 1.59. The first-order chi connectivity index (χ1) is 9.18. The number of ketones is 1. The zero-order valence-corrected chi connectivity index (χ0v) is 11.6. The Morgan fingerprint density at radius 2 is 1.42 bits per heavy atom. The van der Waals surface area contributed by atoms with Gasteiger partial charge in [0.15, 0.2) is 10.6 Å². The number of amides is 1. The van der Waals surface area contributed by atoms with Gasteiger partial charge in [0.25, 0.3) is 0 Å². The first kappa shape index (κ1) is 13.5. The number of carbonyl (C=O) groups excluding carboxylic acids is 2. The second-order valence-corrected chi connectivity index (χ2v) is 4.86. The molecule has 4 heteroatoms. The highest BCUT2D eigenvalue weighted by Crippen LogP contribution is 2.13. The van der Waals surface area contributed by atoms with Gasteiger partial charge < -0.3 is 5.32 Å². The second-order valence-electron chi connectivity index (χ2n) is 3.95. The monoisotopic (exact) mass is 317 g/mol. The molecule has 0 aliphatic rings. The third kappa shape index (κ3) is 3.51. The van der Waals surface area contributed by atoms with Crippen LogP contribution in [0.3, 0.4) is 0 Å². The Morgan fingerprint density at radius 3 is 2.00 bits per heavy atom. The van der Waals surface area contributed by atoms with E-state index in [0.29, 0.717) is 11.3 Å². The third-order valence-electron chi connectivity index (χ3n) is 2.56. The van der Waals surface area contributed by atoms with Crippen LogP contribution in [0.2, 0.25) is 0 Å². The number of hydrogen-bond donors (Lipinski definition) is 1. The molecule has 0 heterocycles. The number of hydrogen-bond acceptors (Lipinski definition) is 2. The standard InChI is InChI=1S/C15H12BrNO2/c16-13(14(18)11-7-3-1-4-8-11)15(19)17-12-9-5-2-6-10-12/h1-10,13H,(H,17,19). The van der Waals surface area contributed by atoms with Crippen molar-refractivity contribution in [2.75, 3.05) is 5.32 Å². The van der Waals surface area contributed by atoms with E-state index in [1.807, 2.05) is 24.3 Å². The molecule has 0 aliphatic heterocycles. The molecule has 1 amide bonds. The molecule has 3 nitrogen and oxygen atoms in total. The highest BCUT2D eigenvalue weighted by molar-refractivity contribution is 9.10. The zero-order valence-electron chi connectivity index (χ0n) is 10.0. The molecule has 0 bridgehead atoms. The van der Waals surface area contributed by atoms with Gasteiger partial charge in [-0.05, 0) is 12.1 Å². The van der Waals surface area contributed by atoms with Gasteiger partial charge in [-0.2, -0.15) is 0 Å². The van der Waals surface area contributed by atoms with E-state index in [9.17, 15) is 9.59 Å². The Bertz CT molecular complexity index is 569. The SMILES string of the molecule is O=C(Nc1ccccc1)C(Br)C(=O)c1ccccc1. The lowest BCUT2D eigenvalue weighted by Crippen LogP contribution is -2.30. The van der Waals surface area contributed by atoms with E-state index in [0.717, 1.165) is 0 Å². The lowest BCUT2D eigenvalue weighted by Gasteiger charge is -2.10. The van der Waals surface area contributed by atoms with Gasteiger partial charge >= 0.3 is 0 Å². The maximum Gasteiger partial charge on any atom is 0.246 e. The summed E-state index contributed by atoms with van der Waals surface area (Å²) < 4.78 is 0. The van der Waals surface area contributed by atoms with E-state index < -0.39 is 4.83 Å². The number of nitrogens with one attached hydrogen (secondary N) is 1. The summed E-state index contributed by atoms with van der Waals surface area (Å²) in [4.78, 5) is 23.1. The summed E-state index contributed by atoms with van der Waals surface area (Å²) in [6, 6.07) is 17.8. The summed E-state index contributed by atoms with van der Waals surface area (Å²) in [7, 11) is 0. The number of carbonyl (C=O) groups is 2. The van der Waals surface area contributed by atoms with E-state index in [2.05, 4.69) is 21.2 Å². The van der Waals surface area contributed by atoms with Gasteiger partial charge in [0, 0.05) is 11.3 Å². The molecular formula is C15H12BrNO2. The zero-order chi connectivity index (χ0) is 13.7. The fourth-order valence-corrected chi connectivity index (χ4v) is 1.97. The maximum atomic E-state index is 12.1. The van der Waals surface area contributed by atoms with Crippen molar-refractivity contribution in [1.29, 1.82) is 0 Å². The van der Waals surface area contributed by atoms with Gasteiger partial charge in [-0.3, -0.25) is 9.59 Å². The molecule has 0 aliphatic carbocycles. The average molecular weight is 318 g/mol. The van der Waals surface area contributed by atoms with Crippen LogP contribution in [0.1, 0.15) is 10.4 Å². The normalized spacial score (nSPS) is 11.6. The summed E-state index contributed by atoms with van der Waals surface area (Å²) in [5.41, 5.74) is 1.17. The predicted octanol–water partition coefficient (Wildman–Crippen LogP) is 3.27. The number of anilines is 1. The van der Waals surface area contributed by atoms with E-state index >= 15 is 0 Å². The average Bonchev–Trinajstić information content (AvgIpc) is 2.47. The summed E-state index contributed by atoms with van der Waals surface area (Å²) in [6.07, 6.45) is 0. The molecule has 1 N–H and O–H groups in total. The topological polar surface area (TPSA) is 46.2 Å². The number of para-hydroxylation sites is 1. The Labute approximate surface area is 119 Å². The van der Waals surface area contributed by atoms with Crippen LogP contribution in [0.4, 0.5) is 5.69 Å². The van der Waals surface area contributed by atoms with Gasteiger partial charge in [-0.15, -0.1) is 0 Å². The lowest BCUT2D eigenvalue weighted by atomic mass is 10.1. The van der Waals surface area contributed by atoms with Gasteiger partial charge in [-0.25, -0.2) is 0 Å². The van der Waals surface area contributed by atoms with Gasteiger partial charge in [-0.1, -0.05) is 64.5 Å². The molecule has 2 aromatic rings. The van der Waals surface area contributed by atoms with Crippen molar-refractivity contribution in [2.45, 2.75) is 4.83 Å². The highest BCUT2D eigenvalue weighted by atomic mass is 79.9. The van der Waals surface area contributed by atoms with Gasteiger partial charge in [0.2, 0.25) is 5.91 Å². The Hall–Kier alpha value is -1.94. The molecule has 1 unspecified atom stereocenters. The molecule has 0 saturated heterocycles. The van der Waals surface area contributed by atoms with Crippen LogP contribution >= 0.6 is 15.9 Å². The lowest BCUT2D eigenvalue weighted by molar-refractivity contribution is -0.114. The Balaban J connectivity index is 2.06. The van der Waals surface area contributed by atoms with Crippen LogP contribution in [0.25, 0.3) is 0 Å². The largest absolute Gasteiger partial charge is 0.325 e. The molecule has 0 saturated carbocycles. The highest BCUT2D eigenvalue weighted by Gasteiger charge is 2.24. The summed E-state index contributed by atoms with van der Waals surface area (Å²) in [6.45, 7) is 0. The Morgan fingerprint density at radius 1 is 0.895 bits per heavy atom. The molecule has 0 fully saturated rings. The minimum Gasteiger partial charge on any atom is -0.325 e. The molecule has 1 atom stereocenters. The predicted molar refractivity (Wildman–Crippen MR) is 78.6 cm³/mol. The van der Waals surface area contributed by atoms with Crippen LogP contribution < -0.4 is 5.32 Å². The molecule has 96 valence electrons. The van der Waals surface area contributed by atoms with E-state index in [1.54, 1.807) is 36.4 Å². The molecular weight excluding hydrogens is 306 g/mol. The summed E-state index contributed by atoms with van der Waals surface area (Å²) in [5.74, 6) is -0.630. The van der Waals surface area contributed by atoms with Crippen LogP contribution in [-0.4, -0.2) is 16.5 Å². The van der Waals surface area contributed by atoms with Gasteiger partial charge in [0.05, 0.1) is 0 Å². The van der Waals surface area contributed by atoms with E-state index in [1.165, 1.54) is 0 Å². The van der Waals surface area contributed by atoms with Crippen molar-refractivity contribution in [2.24, 2.45) is 0 Å². The number of benzene rings is 2. The van der Waals surface area contributed by atoms with Crippen LogP contribution in [0.15, 0.2) is 60.7 Å². The summed E-state index contributed by atoms with van der Waals surface area (Å²) >= 11 is 3.14. The molecule has 2 rings (SSSR count). The second kappa shape index (κ2) is 6.29. The molecule has 2 aromatic carbocycles. The molecule has 19 heavy (non-hydrogen) atoms. The molecule has 0 spiro atoms. The molecule has 0 radical (unpaired) electrons. The number of Topliss-reactive ketones (excluding diaryl/α,β-unsaturated/α-hetero) is 1. The van der Waals surface area contributed by atoms with Crippen molar-refractivity contribution >= 4 is 33.3 Å². The quantitative estimate of drug-likeness (QED) is 0.534. The van der Waals surface area contributed by atoms with Crippen LogP contribution in [0.5, 0.6) is 0 Å². The van der Waals surface area contributed by atoms with Gasteiger partial charge in [0.1, 0.15) is 0 Å². The first-order valence-electron chi connectivity index (χ1n) is 5.78. The van der Waals surface area contributed by atoms with Crippen molar-refractivity contribution in [3.8, 4) is 0 Å². The van der Waals surface area contributed by atoms with E-state index in [4.69, 9.17) is 0 Å². The first-order valence-corrected chi connectivity index (χ1v) is 6.69. The number of halogens is 1. The summed E-state index contributed by atoms with van der Waals surface area (Å²) in [5, 5.41) is 2.69. The Kier molecular flexibility index (Phi) is 4.47. The van der Waals surface area contributed by atoms with Crippen LogP contribution in [0, 0.1) is 0 Å². The van der Waals surface area contributed by atoms with Crippen molar-refractivity contribution in [3.63, 3.8) is 0 Å². The van der Waals surface area contributed by atoms with E-state index in [-0.39, 0.29) is 11.7 Å². The molecule has 0 aromatic heterocycles. The van der Waals surface area contributed by atoms with Crippen molar-refractivity contribution < 1.29 is 9.59 Å². The smallest absolute Gasteiger partial charge is 0.246 e. The number of rotatable bonds is 4.